The third kappa shape index (κ3) is 6.05. The van der Waals surface area contributed by atoms with E-state index in [1.807, 2.05) is 18.2 Å². The van der Waals surface area contributed by atoms with Crippen molar-refractivity contribution in [1.29, 1.82) is 5.26 Å². The number of nitrogens with zero attached hydrogens (tertiary/aromatic N) is 1. The summed E-state index contributed by atoms with van der Waals surface area (Å²) in [5, 5.41) is 9.18. The van der Waals surface area contributed by atoms with Gasteiger partial charge in [0.05, 0.1) is 31.6 Å². The Balaban J connectivity index is 0.000000168. The first kappa shape index (κ1) is 29.7. The van der Waals surface area contributed by atoms with Gasteiger partial charge in [-0.25, -0.2) is 16.8 Å². The van der Waals surface area contributed by atoms with E-state index in [1.54, 1.807) is 78.9 Å². The number of hydrogen-bond donors (Lipinski definition) is 1. The molecule has 0 aromatic heterocycles. The zero-order valence-corrected chi connectivity index (χ0v) is 24.9. The minimum Gasteiger partial charge on any atom is -0.330 e. The quantitative estimate of drug-likeness (QED) is 0.286. The van der Waals surface area contributed by atoms with Gasteiger partial charge in [0, 0.05) is 0 Å². The van der Waals surface area contributed by atoms with Crippen molar-refractivity contribution in [2.45, 2.75) is 69.9 Å². The second kappa shape index (κ2) is 12.6. The van der Waals surface area contributed by atoms with Crippen LogP contribution < -0.4 is 5.73 Å². The van der Waals surface area contributed by atoms with Crippen molar-refractivity contribution in [1.82, 2.24) is 0 Å². The molecule has 8 heteroatoms. The maximum absolute atomic E-state index is 12.6. The fourth-order valence-electron chi connectivity index (χ4n) is 5.87. The summed E-state index contributed by atoms with van der Waals surface area (Å²) in [4.78, 5) is 1.34. The highest BCUT2D eigenvalue weighted by Crippen LogP contribution is 2.35. The van der Waals surface area contributed by atoms with E-state index in [2.05, 4.69) is 6.07 Å². The molecule has 2 aliphatic rings. The second-order valence-corrected chi connectivity index (χ2v) is 14.7. The van der Waals surface area contributed by atoms with E-state index in [4.69, 9.17) is 5.73 Å². The molecule has 4 aromatic rings. The monoisotopic (exact) mass is 598 g/mol. The van der Waals surface area contributed by atoms with E-state index in [9.17, 15) is 22.1 Å². The van der Waals surface area contributed by atoms with Gasteiger partial charge in [-0.1, -0.05) is 48.5 Å². The fourth-order valence-corrected chi connectivity index (χ4v) is 8.53. The zero-order chi connectivity index (χ0) is 29.7. The molecular formula is C34H34N2O4S2. The molecule has 0 fully saturated rings. The third-order valence-electron chi connectivity index (χ3n) is 8.15. The molecule has 0 heterocycles. The van der Waals surface area contributed by atoms with Gasteiger partial charge in [0.15, 0.2) is 0 Å². The van der Waals surface area contributed by atoms with E-state index < -0.39 is 19.7 Å². The summed E-state index contributed by atoms with van der Waals surface area (Å²) < 4.78 is 50.5. The Morgan fingerprint density at radius 2 is 1.12 bits per heavy atom. The van der Waals surface area contributed by atoms with Crippen LogP contribution in [-0.4, -0.2) is 23.4 Å². The van der Waals surface area contributed by atoms with Crippen LogP contribution in [0.2, 0.25) is 0 Å². The molecule has 2 unspecified atom stereocenters. The molecule has 42 heavy (non-hydrogen) atoms. The van der Waals surface area contributed by atoms with Crippen LogP contribution in [0.15, 0.2) is 117 Å². The van der Waals surface area contributed by atoms with E-state index >= 15 is 0 Å². The molecule has 0 bridgehead atoms. The number of nitrogens with two attached hydrogens (primary N) is 1. The lowest BCUT2D eigenvalue weighted by atomic mass is 9.83. The Hall–Kier alpha value is -3.77. The summed E-state index contributed by atoms with van der Waals surface area (Å²) in [5.41, 5.74) is 10.1. The van der Waals surface area contributed by atoms with Gasteiger partial charge in [-0.05, 0) is 122 Å². The van der Waals surface area contributed by atoms with E-state index in [1.165, 1.54) is 5.56 Å². The predicted molar refractivity (Wildman–Crippen MR) is 163 cm³/mol. The molecule has 2 N–H and O–H groups in total. The highest BCUT2D eigenvalue weighted by molar-refractivity contribution is 7.91. The third-order valence-corrected chi connectivity index (χ3v) is 11.7. The summed E-state index contributed by atoms with van der Waals surface area (Å²) in [7, 11) is -6.91. The summed E-state index contributed by atoms with van der Waals surface area (Å²) >= 11 is 0. The standard InChI is InChI=1S/C17H19NO2S.C17H15NO2S/c2*18-12-14-6-4-5-13-11-16(9-10-17(13)14)21(19,20)15-7-2-1-3-8-15/h1-3,7-11,14H,4-6,12,18H2;1-3,7-11,14H,4-6H2. The fraction of sp³-hybridized carbons (Fsp3) is 0.265. The van der Waals surface area contributed by atoms with Crippen LogP contribution in [0, 0.1) is 11.3 Å². The first-order valence-electron chi connectivity index (χ1n) is 14.2. The molecular weight excluding hydrogens is 565 g/mol. The number of sulfone groups is 2. The Bertz CT molecular complexity index is 1810. The minimum absolute atomic E-state index is 0.109. The van der Waals surface area contributed by atoms with Crippen molar-refractivity contribution in [2.75, 3.05) is 6.54 Å². The Labute approximate surface area is 248 Å². The van der Waals surface area contributed by atoms with Crippen LogP contribution >= 0.6 is 0 Å². The lowest BCUT2D eigenvalue weighted by Crippen LogP contribution is -2.18. The molecule has 0 aliphatic heterocycles. The van der Waals surface area contributed by atoms with Crippen molar-refractivity contribution < 1.29 is 16.8 Å². The summed E-state index contributed by atoms with van der Waals surface area (Å²) in [6.07, 6.45) is 5.72. The van der Waals surface area contributed by atoms with Gasteiger partial charge in [0.1, 0.15) is 0 Å². The van der Waals surface area contributed by atoms with Gasteiger partial charge >= 0.3 is 0 Å². The van der Waals surface area contributed by atoms with Crippen LogP contribution in [0.25, 0.3) is 0 Å². The summed E-state index contributed by atoms with van der Waals surface area (Å²) in [6.45, 7) is 0.623. The second-order valence-electron chi connectivity index (χ2n) is 10.8. The Morgan fingerprint density at radius 3 is 1.62 bits per heavy atom. The highest BCUT2D eigenvalue weighted by atomic mass is 32.2. The molecule has 0 saturated heterocycles. The van der Waals surface area contributed by atoms with Crippen molar-refractivity contribution in [3.63, 3.8) is 0 Å². The molecule has 0 spiro atoms. The van der Waals surface area contributed by atoms with Crippen LogP contribution in [0.1, 0.15) is 59.8 Å². The van der Waals surface area contributed by atoms with Gasteiger partial charge < -0.3 is 5.73 Å². The number of hydrogen-bond acceptors (Lipinski definition) is 6. The molecule has 2 aliphatic carbocycles. The van der Waals surface area contributed by atoms with Crippen molar-refractivity contribution in [2.24, 2.45) is 5.73 Å². The Kier molecular flexibility index (Phi) is 8.93. The van der Waals surface area contributed by atoms with Gasteiger partial charge in [-0.3, -0.25) is 0 Å². The number of benzene rings is 4. The largest absolute Gasteiger partial charge is 0.330 e. The summed E-state index contributed by atoms with van der Waals surface area (Å²) in [5.74, 6) is 0.254. The molecule has 6 nitrogen and oxygen atoms in total. The topological polar surface area (TPSA) is 118 Å². The molecule has 0 radical (unpaired) electrons. The SMILES string of the molecule is N#CC1CCCc2cc(S(=O)(=O)c3ccccc3)ccc21.NCC1CCCc2cc(S(=O)(=O)c3ccccc3)ccc21. The zero-order valence-electron chi connectivity index (χ0n) is 23.3. The maximum Gasteiger partial charge on any atom is 0.206 e. The minimum atomic E-state index is -3.48. The first-order chi connectivity index (χ1) is 20.3. The van der Waals surface area contributed by atoms with Crippen LogP contribution in [0.3, 0.4) is 0 Å². The molecule has 0 amide bonds. The van der Waals surface area contributed by atoms with Gasteiger partial charge in [-0.15, -0.1) is 0 Å². The maximum atomic E-state index is 12.6. The van der Waals surface area contributed by atoms with Gasteiger partial charge in [0.2, 0.25) is 19.7 Å². The number of nitriles is 1. The van der Waals surface area contributed by atoms with Crippen molar-refractivity contribution in [3.05, 3.63) is 119 Å². The molecule has 2 atom stereocenters. The lowest BCUT2D eigenvalue weighted by Gasteiger charge is -2.24. The normalized spacial score (nSPS) is 18.0. The van der Waals surface area contributed by atoms with E-state index in [-0.39, 0.29) is 5.92 Å². The predicted octanol–water partition coefficient (Wildman–Crippen LogP) is 6.36. The van der Waals surface area contributed by atoms with Crippen LogP contribution in [0.4, 0.5) is 0 Å². The first-order valence-corrected chi connectivity index (χ1v) is 17.2. The van der Waals surface area contributed by atoms with Crippen LogP contribution in [-0.2, 0) is 32.5 Å². The molecule has 6 rings (SSSR count). The average molecular weight is 599 g/mol. The number of rotatable bonds is 5. The van der Waals surface area contributed by atoms with Crippen molar-refractivity contribution >= 4 is 19.7 Å². The Morgan fingerprint density at radius 1 is 0.643 bits per heavy atom. The van der Waals surface area contributed by atoms with Gasteiger partial charge in [-0.2, -0.15) is 5.26 Å². The highest BCUT2D eigenvalue weighted by Gasteiger charge is 2.25. The van der Waals surface area contributed by atoms with Crippen molar-refractivity contribution in [3.8, 4) is 6.07 Å². The number of aryl methyl sites for hydroxylation is 2. The van der Waals surface area contributed by atoms with E-state index in [0.717, 1.165) is 55.2 Å². The average Bonchev–Trinajstić information content (AvgIpc) is 3.04. The van der Waals surface area contributed by atoms with Crippen LogP contribution in [0.5, 0.6) is 0 Å². The van der Waals surface area contributed by atoms with E-state index in [0.29, 0.717) is 32.0 Å². The molecule has 0 saturated carbocycles. The van der Waals surface area contributed by atoms with Gasteiger partial charge in [0.25, 0.3) is 0 Å². The summed E-state index contributed by atoms with van der Waals surface area (Å²) in [6, 6.07) is 30.0. The lowest BCUT2D eigenvalue weighted by molar-refractivity contribution is 0.558. The molecule has 216 valence electrons. The number of fused-ring (bicyclic) bond motifs is 2. The molecule has 4 aromatic carbocycles. The smallest absolute Gasteiger partial charge is 0.206 e.